The molecule has 0 atom stereocenters. The predicted molar refractivity (Wildman–Crippen MR) is 156 cm³/mol. The second-order valence-electron chi connectivity index (χ2n) is 10.3. The Bertz CT molecular complexity index is 1740. The van der Waals surface area contributed by atoms with Crippen LogP contribution in [0.4, 0.5) is 5.69 Å². The lowest BCUT2D eigenvalue weighted by atomic mass is 9.87. The van der Waals surface area contributed by atoms with Gasteiger partial charge in [-0.2, -0.15) is 10.2 Å². The fourth-order valence-corrected chi connectivity index (χ4v) is 4.02. The summed E-state index contributed by atoms with van der Waals surface area (Å²) in [5.41, 5.74) is 1.96. The molecule has 0 radical (unpaired) electrons. The molecule has 1 N–H and O–H groups in total. The molecule has 208 valence electrons. The highest BCUT2D eigenvalue weighted by atomic mass is 16.5. The van der Waals surface area contributed by atoms with Crippen LogP contribution in [0.3, 0.4) is 0 Å². The smallest absolute Gasteiger partial charge is 0.338 e. The third-order valence-electron chi connectivity index (χ3n) is 6.29. The zero-order chi connectivity index (χ0) is 29.7. The summed E-state index contributed by atoms with van der Waals surface area (Å²) in [6.45, 7) is 10.1. The zero-order valence-corrected chi connectivity index (χ0v) is 23.5. The summed E-state index contributed by atoms with van der Waals surface area (Å²) in [6.07, 6.45) is 2.74. The Hall–Kier alpha value is -5.23. The number of hydrogen-bond donors (Lipinski definition) is 1. The van der Waals surface area contributed by atoms with Crippen LogP contribution in [0, 0.1) is 18.3 Å². The van der Waals surface area contributed by atoms with E-state index in [4.69, 9.17) is 9.47 Å². The lowest BCUT2D eigenvalue weighted by molar-refractivity contribution is -0.112. The van der Waals surface area contributed by atoms with Gasteiger partial charge in [0.05, 0.1) is 12.2 Å². The first-order valence-electron chi connectivity index (χ1n) is 13.0. The summed E-state index contributed by atoms with van der Waals surface area (Å²) < 4.78 is 12.4. The van der Waals surface area contributed by atoms with Crippen molar-refractivity contribution in [2.24, 2.45) is 0 Å². The molecule has 4 rings (SSSR count). The van der Waals surface area contributed by atoms with Crippen LogP contribution in [0.1, 0.15) is 54.7 Å². The number of carbonyl (C=O) groups is 2. The van der Waals surface area contributed by atoms with Gasteiger partial charge >= 0.3 is 5.97 Å². The van der Waals surface area contributed by atoms with E-state index in [-0.39, 0.29) is 29.0 Å². The number of benzene rings is 2. The summed E-state index contributed by atoms with van der Waals surface area (Å²) >= 11 is 0. The minimum Gasteiger partial charge on any atom is -0.462 e. The van der Waals surface area contributed by atoms with Gasteiger partial charge < -0.3 is 14.8 Å². The van der Waals surface area contributed by atoms with Crippen molar-refractivity contribution in [3.05, 3.63) is 105 Å². The van der Waals surface area contributed by atoms with Crippen LogP contribution in [0.15, 0.2) is 77.2 Å². The Labute approximate surface area is 237 Å². The second kappa shape index (κ2) is 11.9. The molecule has 0 aliphatic rings. The number of esters is 1. The van der Waals surface area contributed by atoms with Gasteiger partial charge in [0.1, 0.15) is 28.6 Å². The van der Waals surface area contributed by atoms with Gasteiger partial charge in [-0.3, -0.25) is 14.0 Å². The van der Waals surface area contributed by atoms with Gasteiger partial charge in [-0.1, -0.05) is 39.0 Å². The molecule has 4 aromatic rings. The predicted octanol–water partition coefficient (Wildman–Crippen LogP) is 5.82. The highest BCUT2D eigenvalue weighted by Crippen LogP contribution is 2.28. The number of ether oxygens (including phenoxy) is 2. The molecule has 0 aliphatic carbocycles. The van der Waals surface area contributed by atoms with E-state index in [2.05, 4.69) is 31.1 Å². The number of amides is 1. The molecular weight excluding hydrogens is 520 g/mol. The van der Waals surface area contributed by atoms with Gasteiger partial charge in [0.25, 0.3) is 11.5 Å². The molecule has 1 amide bonds. The number of aromatic nitrogens is 2. The minimum atomic E-state index is -0.745. The number of hydrogen-bond acceptors (Lipinski definition) is 7. The largest absolute Gasteiger partial charge is 0.462 e. The van der Waals surface area contributed by atoms with Gasteiger partial charge in [-0.05, 0) is 78.9 Å². The number of nitrogens with one attached hydrogen (secondary N) is 1. The van der Waals surface area contributed by atoms with Crippen molar-refractivity contribution in [3.8, 4) is 17.7 Å². The summed E-state index contributed by atoms with van der Waals surface area (Å²) in [5, 5.41) is 12.5. The Balaban J connectivity index is 1.72. The number of nitrogens with zero attached hydrogens (tertiary/aromatic N) is 3. The topological polar surface area (TPSA) is 123 Å². The molecular formula is C32H30N4O5. The van der Waals surface area contributed by atoms with E-state index in [0.717, 1.165) is 11.1 Å². The SMILES string of the molecule is CCOC(=O)c1ccc(NC(=O)/C(C#N)=C\c2c(Oc3ccc(C(C)(C)C)cc3)nc3c(C)cccn3c2=O)cc1. The maximum atomic E-state index is 13.6. The molecule has 9 nitrogen and oxygen atoms in total. The van der Waals surface area contributed by atoms with Crippen molar-refractivity contribution in [1.82, 2.24) is 9.38 Å². The minimum absolute atomic E-state index is 0.0350. The first-order chi connectivity index (χ1) is 19.5. The zero-order valence-electron chi connectivity index (χ0n) is 23.5. The average molecular weight is 551 g/mol. The van der Waals surface area contributed by atoms with Gasteiger partial charge in [0.15, 0.2) is 0 Å². The van der Waals surface area contributed by atoms with E-state index < -0.39 is 17.4 Å². The quantitative estimate of drug-likeness (QED) is 0.175. The molecule has 0 fully saturated rings. The lowest BCUT2D eigenvalue weighted by Gasteiger charge is -2.19. The van der Waals surface area contributed by atoms with Crippen molar-refractivity contribution in [2.45, 2.75) is 40.0 Å². The average Bonchev–Trinajstić information content (AvgIpc) is 2.94. The number of carbonyl (C=O) groups excluding carboxylic acids is 2. The summed E-state index contributed by atoms with van der Waals surface area (Å²) in [5.74, 6) is -0.817. The molecule has 2 heterocycles. The Morgan fingerprint density at radius 1 is 1.07 bits per heavy atom. The fraction of sp³-hybridized carbons (Fsp3) is 0.219. The lowest BCUT2D eigenvalue weighted by Crippen LogP contribution is -2.20. The number of rotatable bonds is 7. The van der Waals surface area contributed by atoms with Crippen LogP contribution in [0.5, 0.6) is 11.6 Å². The molecule has 9 heteroatoms. The van der Waals surface area contributed by atoms with Gasteiger partial charge in [-0.15, -0.1) is 0 Å². The molecule has 0 bridgehead atoms. The maximum absolute atomic E-state index is 13.6. The van der Waals surface area contributed by atoms with E-state index >= 15 is 0 Å². The molecule has 0 saturated carbocycles. The third kappa shape index (κ3) is 6.50. The van der Waals surface area contributed by atoms with E-state index in [9.17, 15) is 19.6 Å². The van der Waals surface area contributed by atoms with Crippen molar-refractivity contribution < 1.29 is 19.1 Å². The molecule has 2 aromatic carbocycles. The van der Waals surface area contributed by atoms with Gasteiger partial charge in [0, 0.05) is 11.9 Å². The summed E-state index contributed by atoms with van der Waals surface area (Å²) in [7, 11) is 0. The van der Waals surface area contributed by atoms with E-state index in [1.807, 2.05) is 31.2 Å². The number of aryl methyl sites for hydroxylation is 1. The standard InChI is InChI=1S/C32H30N4O5/c1-6-40-31(39)21-9-13-24(14-10-21)34-28(37)22(19-33)18-26-29(35-27-20(2)8-7-17-36(27)30(26)38)41-25-15-11-23(12-16-25)32(3,4)5/h7-18H,6H2,1-5H3,(H,34,37)/b22-18-. The van der Waals surface area contributed by atoms with Gasteiger partial charge in [0.2, 0.25) is 5.88 Å². The van der Waals surface area contributed by atoms with E-state index in [1.54, 1.807) is 31.3 Å². The highest BCUT2D eigenvalue weighted by molar-refractivity contribution is 6.10. The number of nitriles is 1. The molecule has 0 aliphatic heterocycles. The normalized spacial score (nSPS) is 11.6. The Kier molecular flexibility index (Phi) is 8.34. The molecule has 0 spiro atoms. The number of anilines is 1. The van der Waals surface area contributed by atoms with Crippen LogP contribution in [-0.4, -0.2) is 27.9 Å². The fourth-order valence-electron chi connectivity index (χ4n) is 4.02. The van der Waals surface area contributed by atoms with Crippen molar-refractivity contribution in [2.75, 3.05) is 11.9 Å². The molecule has 41 heavy (non-hydrogen) atoms. The van der Waals surface area contributed by atoms with Crippen molar-refractivity contribution >= 4 is 29.3 Å². The van der Waals surface area contributed by atoms with Crippen molar-refractivity contribution in [3.63, 3.8) is 0 Å². The first-order valence-corrected chi connectivity index (χ1v) is 13.0. The van der Waals surface area contributed by atoms with E-state index in [0.29, 0.717) is 22.6 Å². The second-order valence-corrected chi connectivity index (χ2v) is 10.3. The summed E-state index contributed by atoms with van der Waals surface area (Å²) in [6, 6.07) is 18.9. The first kappa shape index (κ1) is 28.8. The highest BCUT2D eigenvalue weighted by Gasteiger charge is 2.19. The van der Waals surface area contributed by atoms with Crippen LogP contribution < -0.4 is 15.6 Å². The number of pyridine rings is 1. The molecule has 0 unspecified atom stereocenters. The Morgan fingerprint density at radius 2 is 1.76 bits per heavy atom. The van der Waals surface area contributed by atoms with Gasteiger partial charge in [-0.25, -0.2) is 4.79 Å². The van der Waals surface area contributed by atoms with Crippen LogP contribution in [0.25, 0.3) is 11.7 Å². The molecule has 2 aromatic heterocycles. The molecule has 0 saturated heterocycles. The Morgan fingerprint density at radius 3 is 2.37 bits per heavy atom. The summed E-state index contributed by atoms with van der Waals surface area (Å²) in [4.78, 5) is 43.1. The maximum Gasteiger partial charge on any atom is 0.338 e. The van der Waals surface area contributed by atoms with E-state index in [1.165, 1.54) is 34.7 Å². The van der Waals surface area contributed by atoms with Crippen LogP contribution in [0.2, 0.25) is 0 Å². The monoisotopic (exact) mass is 550 g/mol. The van der Waals surface area contributed by atoms with Crippen LogP contribution >= 0.6 is 0 Å². The number of fused-ring (bicyclic) bond motifs is 1. The van der Waals surface area contributed by atoms with Crippen LogP contribution in [-0.2, 0) is 14.9 Å². The third-order valence-corrected chi connectivity index (χ3v) is 6.29. The van der Waals surface area contributed by atoms with Crippen molar-refractivity contribution in [1.29, 1.82) is 5.26 Å².